The molecule has 3 aromatic rings. The van der Waals surface area contributed by atoms with Crippen molar-refractivity contribution in [3.05, 3.63) is 47.6 Å². The first-order valence-electron chi connectivity index (χ1n) is 6.92. The molecule has 3 rings (SSSR count). The molecule has 0 spiro atoms. The number of anilines is 1. The summed E-state index contributed by atoms with van der Waals surface area (Å²) < 4.78 is 5.18. The van der Waals surface area contributed by atoms with Crippen LogP contribution in [-0.2, 0) is 0 Å². The van der Waals surface area contributed by atoms with Crippen LogP contribution in [0.3, 0.4) is 0 Å². The first kappa shape index (κ1) is 14.4. The third-order valence-electron chi connectivity index (χ3n) is 3.11. The molecule has 110 valence electrons. The van der Waals surface area contributed by atoms with Crippen LogP contribution in [0.25, 0.3) is 10.2 Å². The molecule has 0 amide bonds. The average molecular weight is 309 g/mol. The van der Waals surface area contributed by atoms with E-state index in [0.717, 1.165) is 40.3 Å². The fourth-order valence-corrected chi connectivity index (χ4v) is 2.77. The molecular formula is C17H15N3OS. The van der Waals surface area contributed by atoms with Gasteiger partial charge in [-0.25, -0.2) is 9.97 Å². The molecule has 2 aromatic heterocycles. The van der Waals surface area contributed by atoms with Crippen LogP contribution in [0.2, 0.25) is 0 Å². The lowest BCUT2D eigenvalue weighted by Gasteiger charge is -2.03. The van der Waals surface area contributed by atoms with Crippen LogP contribution in [0, 0.1) is 11.8 Å². The summed E-state index contributed by atoms with van der Waals surface area (Å²) in [6, 6.07) is 9.79. The van der Waals surface area contributed by atoms with Crippen molar-refractivity contribution in [2.75, 3.05) is 19.0 Å². The van der Waals surface area contributed by atoms with Gasteiger partial charge in [0.05, 0.1) is 12.5 Å². The van der Waals surface area contributed by atoms with Gasteiger partial charge in [-0.05, 0) is 29.6 Å². The summed E-state index contributed by atoms with van der Waals surface area (Å²) in [6.07, 6.45) is 2.33. The van der Waals surface area contributed by atoms with E-state index in [-0.39, 0.29) is 0 Å². The number of nitrogens with zero attached hydrogens (tertiary/aromatic N) is 2. The van der Waals surface area contributed by atoms with Gasteiger partial charge in [-0.1, -0.05) is 17.9 Å². The van der Waals surface area contributed by atoms with Gasteiger partial charge >= 0.3 is 0 Å². The summed E-state index contributed by atoms with van der Waals surface area (Å²) in [5, 5.41) is 6.40. The first-order valence-corrected chi connectivity index (χ1v) is 7.80. The SMILES string of the molecule is COc1cccc(C#CCCNc2ncnc3sccc23)c1. The topological polar surface area (TPSA) is 47.0 Å². The molecule has 4 nitrogen and oxygen atoms in total. The van der Waals surface area contributed by atoms with E-state index in [4.69, 9.17) is 4.74 Å². The Balaban J connectivity index is 1.58. The van der Waals surface area contributed by atoms with Crippen LogP contribution in [0.5, 0.6) is 5.75 Å². The van der Waals surface area contributed by atoms with E-state index in [1.807, 2.05) is 35.7 Å². The first-order chi connectivity index (χ1) is 10.9. The number of hydrogen-bond donors (Lipinski definition) is 1. The molecule has 1 N–H and O–H groups in total. The van der Waals surface area contributed by atoms with E-state index < -0.39 is 0 Å². The van der Waals surface area contributed by atoms with Crippen molar-refractivity contribution in [2.24, 2.45) is 0 Å². The van der Waals surface area contributed by atoms with Crippen LogP contribution in [0.4, 0.5) is 5.82 Å². The highest BCUT2D eigenvalue weighted by atomic mass is 32.1. The lowest BCUT2D eigenvalue weighted by atomic mass is 10.2. The lowest BCUT2D eigenvalue weighted by molar-refractivity contribution is 0.414. The minimum atomic E-state index is 0.743. The van der Waals surface area contributed by atoms with Gasteiger partial charge in [-0.3, -0.25) is 0 Å². The predicted octanol–water partition coefficient (Wildman–Crippen LogP) is 3.55. The number of benzene rings is 1. The summed E-state index contributed by atoms with van der Waals surface area (Å²) in [5.74, 6) is 7.99. The molecule has 22 heavy (non-hydrogen) atoms. The Kier molecular flexibility index (Phi) is 4.52. The number of ether oxygens (including phenoxy) is 1. The van der Waals surface area contributed by atoms with E-state index in [0.29, 0.717) is 0 Å². The molecule has 0 radical (unpaired) electrons. The molecule has 0 fully saturated rings. The molecule has 0 saturated heterocycles. The number of methoxy groups -OCH3 is 1. The molecular weight excluding hydrogens is 294 g/mol. The van der Waals surface area contributed by atoms with Gasteiger partial charge in [0.2, 0.25) is 0 Å². The zero-order valence-corrected chi connectivity index (χ0v) is 13.0. The second-order valence-corrected chi connectivity index (χ2v) is 5.47. The van der Waals surface area contributed by atoms with Crippen LogP contribution in [0.1, 0.15) is 12.0 Å². The van der Waals surface area contributed by atoms with Crippen molar-refractivity contribution < 1.29 is 4.74 Å². The largest absolute Gasteiger partial charge is 0.497 e. The van der Waals surface area contributed by atoms with Crippen molar-refractivity contribution in [3.8, 4) is 17.6 Å². The molecule has 5 heteroatoms. The van der Waals surface area contributed by atoms with Gasteiger partial charge in [-0.2, -0.15) is 0 Å². The highest BCUT2D eigenvalue weighted by Crippen LogP contribution is 2.23. The normalized spacial score (nSPS) is 10.0. The Morgan fingerprint density at radius 1 is 1.27 bits per heavy atom. The van der Waals surface area contributed by atoms with Crippen LogP contribution < -0.4 is 10.1 Å². The van der Waals surface area contributed by atoms with Crippen molar-refractivity contribution in [1.82, 2.24) is 9.97 Å². The molecule has 0 bridgehead atoms. The van der Waals surface area contributed by atoms with Gasteiger partial charge in [0.15, 0.2) is 0 Å². The zero-order chi connectivity index (χ0) is 15.2. The maximum atomic E-state index is 5.18. The molecule has 0 unspecified atom stereocenters. The standard InChI is InChI=1S/C17H15N3OS/c1-21-14-7-4-6-13(11-14)5-2-3-9-18-16-15-8-10-22-17(15)20-12-19-16/h4,6-8,10-12H,3,9H2,1H3,(H,18,19,20). The van der Waals surface area contributed by atoms with Crippen molar-refractivity contribution in [1.29, 1.82) is 0 Å². The van der Waals surface area contributed by atoms with E-state index >= 15 is 0 Å². The number of hydrogen-bond acceptors (Lipinski definition) is 5. The highest BCUT2D eigenvalue weighted by molar-refractivity contribution is 7.16. The Morgan fingerprint density at radius 2 is 2.23 bits per heavy atom. The number of thiophene rings is 1. The number of aromatic nitrogens is 2. The van der Waals surface area contributed by atoms with Crippen molar-refractivity contribution >= 4 is 27.4 Å². The van der Waals surface area contributed by atoms with Crippen LogP contribution in [-0.4, -0.2) is 23.6 Å². The van der Waals surface area contributed by atoms with Gasteiger partial charge in [0, 0.05) is 18.5 Å². The van der Waals surface area contributed by atoms with E-state index in [2.05, 4.69) is 27.1 Å². The van der Waals surface area contributed by atoms with E-state index in [1.54, 1.807) is 24.8 Å². The summed E-state index contributed by atoms with van der Waals surface area (Å²) >= 11 is 1.61. The molecule has 0 aliphatic heterocycles. The summed E-state index contributed by atoms with van der Waals surface area (Å²) in [5.41, 5.74) is 0.960. The number of nitrogens with one attached hydrogen (secondary N) is 1. The Labute approximate surface area is 133 Å². The van der Waals surface area contributed by atoms with E-state index in [9.17, 15) is 0 Å². The molecule has 0 atom stereocenters. The van der Waals surface area contributed by atoms with Gasteiger partial charge in [0.25, 0.3) is 0 Å². The van der Waals surface area contributed by atoms with Crippen LogP contribution >= 0.6 is 11.3 Å². The van der Waals surface area contributed by atoms with Crippen molar-refractivity contribution in [3.63, 3.8) is 0 Å². The number of rotatable bonds is 4. The maximum absolute atomic E-state index is 5.18. The number of fused-ring (bicyclic) bond motifs is 1. The third kappa shape index (κ3) is 3.35. The summed E-state index contributed by atoms with van der Waals surface area (Å²) in [4.78, 5) is 9.51. The zero-order valence-electron chi connectivity index (χ0n) is 12.2. The third-order valence-corrected chi connectivity index (χ3v) is 3.93. The maximum Gasteiger partial charge on any atom is 0.138 e. The highest BCUT2D eigenvalue weighted by Gasteiger charge is 2.02. The Morgan fingerprint density at radius 3 is 3.14 bits per heavy atom. The fraction of sp³-hybridized carbons (Fsp3) is 0.176. The lowest BCUT2D eigenvalue weighted by Crippen LogP contribution is -2.02. The fourth-order valence-electron chi connectivity index (χ4n) is 2.04. The average Bonchev–Trinajstić information content (AvgIpc) is 3.04. The molecule has 2 heterocycles. The second kappa shape index (κ2) is 6.92. The molecule has 1 aromatic carbocycles. The molecule has 0 aliphatic carbocycles. The van der Waals surface area contributed by atoms with Gasteiger partial charge in [0.1, 0.15) is 22.7 Å². The smallest absolute Gasteiger partial charge is 0.138 e. The van der Waals surface area contributed by atoms with Crippen LogP contribution in [0.15, 0.2) is 42.0 Å². The van der Waals surface area contributed by atoms with Gasteiger partial charge < -0.3 is 10.1 Å². The van der Waals surface area contributed by atoms with Crippen molar-refractivity contribution in [2.45, 2.75) is 6.42 Å². The minimum Gasteiger partial charge on any atom is -0.497 e. The second-order valence-electron chi connectivity index (χ2n) is 4.57. The van der Waals surface area contributed by atoms with Gasteiger partial charge in [-0.15, -0.1) is 11.3 Å². The minimum absolute atomic E-state index is 0.743. The predicted molar refractivity (Wildman–Crippen MR) is 90.4 cm³/mol. The summed E-state index contributed by atoms with van der Waals surface area (Å²) in [6.45, 7) is 0.749. The molecule has 0 saturated carbocycles. The summed E-state index contributed by atoms with van der Waals surface area (Å²) in [7, 11) is 1.66. The molecule has 0 aliphatic rings. The van der Waals surface area contributed by atoms with E-state index in [1.165, 1.54) is 0 Å². The Hall–Kier alpha value is -2.58. The quantitative estimate of drug-likeness (QED) is 0.591. The monoisotopic (exact) mass is 309 g/mol. The Bertz CT molecular complexity index is 832.